The van der Waals surface area contributed by atoms with Crippen molar-refractivity contribution in [1.29, 1.82) is 0 Å². The fourth-order valence-electron chi connectivity index (χ4n) is 2.78. The Bertz CT molecular complexity index is 162. The molecular formula is C11H19N. The third kappa shape index (κ3) is 1.42. The van der Waals surface area contributed by atoms with Crippen LogP contribution in [0.5, 0.6) is 0 Å². The Hall–Kier alpha value is -0.300. The van der Waals surface area contributed by atoms with E-state index in [0.29, 0.717) is 0 Å². The van der Waals surface area contributed by atoms with Crippen molar-refractivity contribution in [3.8, 4) is 0 Å². The number of fused-ring (bicyclic) bond motifs is 1. The van der Waals surface area contributed by atoms with Crippen LogP contribution < -0.4 is 0 Å². The molecule has 0 radical (unpaired) electrons. The largest absolute Gasteiger partial charge is 0.300 e. The maximum atomic E-state index is 3.95. The number of hydrogen-bond acceptors (Lipinski definition) is 1. The molecule has 0 saturated carbocycles. The van der Waals surface area contributed by atoms with E-state index in [2.05, 4.69) is 17.6 Å². The molecule has 0 aromatic rings. The SMILES string of the molecule is C=C[C@@H]1CCCN2CCCC[C@H]12. The van der Waals surface area contributed by atoms with Crippen LogP contribution in [0, 0.1) is 5.92 Å². The van der Waals surface area contributed by atoms with Crippen molar-refractivity contribution >= 4 is 0 Å². The minimum absolute atomic E-state index is 0.791. The zero-order chi connectivity index (χ0) is 8.39. The van der Waals surface area contributed by atoms with Gasteiger partial charge in [0.15, 0.2) is 0 Å². The number of rotatable bonds is 1. The van der Waals surface area contributed by atoms with E-state index in [0.717, 1.165) is 12.0 Å². The highest BCUT2D eigenvalue weighted by atomic mass is 15.2. The topological polar surface area (TPSA) is 3.24 Å². The molecular weight excluding hydrogens is 146 g/mol. The highest BCUT2D eigenvalue weighted by Gasteiger charge is 2.30. The van der Waals surface area contributed by atoms with Crippen LogP contribution in [-0.2, 0) is 0 Å². The van der Waals surface area contributed by atoms with Crippen LogP contribution in [0.25, 0.3) is 0 Å². The lowest BCUT2D eigenvalue weighted by molar-refractivity contribution is 0.0786. The van der Waals surface area contributed by atoms with Gasteiger partial charge in [0, 0.05) is 6.04 Å². The summed E-state index contributed by atoms with van der Waals surface area (Å²) < 4.78 is 0. The third-order valence-corrected chi connectivity index (χ3v) is 3.44. The first-order valence-corrected chi connectivity index (χ1v) is 5.28. The van der Waals surface area contributed by atoms with Gasteiger partial charge in [-0.1, -0.05) is 12.5 Å². The molecule has 0 spiro atoms. The van der Waals surface area contributed by atoms with Gasteiger partial charge in [0.05, 0.1) is 0 Å². The van der Waals surface area contributed by atoms with E-state index in [1.807, 2.05) is 0 Å². The van der Waals surface area contributed by atoms with E-state index >= 15 is 0 Å². The first kappa shape index (κ1) is 8.31. The standard InChI is InChI=1S/C11H19N/c1-2-10-6-5-9-12-8-4-3-7-11(10)12/h2,10-11H,1,3-9H2/t10-,11-/m1/s1. The third-order valence-electron chi connectivity index (χ3n) is 3.44. The molecule has 2 atom stereocenters. The lowest BCUT2D eigenvalue weighted by Gasteiger charge is -2.43. The van der Waals surface area contributed by atoms with E-state index < -0.39 is 0 Å². The minimum atomic E-state index is 0.791. The van der Waals surface area contributed by atoms with Crippen molar-refractivity contribution in [3.63, 3.8) is 0 Å². The molecule has 2 heterocycles. The molecule has 2 aliphatic heterocycles. The predicted octanol–water partition coefficient (Wildman–Crippen LogP) is 2.44. The van der Waals surface area contributed by atoms with Crippen LogP contribution in [-0.4, -0.2) is 24.0 Å². The second-order valence-electron chi connectivity index (χ2n) is 4.14. The maximum Gasteiger partial charge on any atom is 0.0158 e. The van der Waals surface area contributed by atoms with Crippen LogP contribution in [0.15, 0.2) is 12.7 Å². The molecule has 2 saturated heterocycles. The molecule has 12 heavy (non-hydrogen) atoms. The van der Waals surface area contributed by atoms with Crippen molar-refractivity contribution in [3.05, 3.63) is 12.7 Å². The Morgan fingerprint density at radius 2 is 1.92 bits per heavy atom. The molecule has 0 N–H and O–H groups in total. The zero-order valence-corrected chi connectivity index (χ0v) is 7.84. The van der Waals surface area contributed by atoms with Crippen molar-refractivity contribution in [2.75, 3.05) is 13.1 Å². The van der Waals surface area contributed by atoms with Gasteiger partial charge in [-0.25, -0.2) is 0 Å². The second kappa shape index (κ2) is 3.61. The van der Waals surface area contributed by atoms with Gasteiger partial charge in [-0.05, 0) is 44.7 Å². The van der Waals surface area contributed by atoms with E-state index in [-0.39, 0.29) is 0 Å². The van der Waals surface area contributed by atoms with Crippen LogP contribution >= 0.6 is 0 Å². The highest BCUT2D eigenvalue weighted by molar-refractivity contribution is 4.94. The summed E-state index contributed by atoms with van der Waals surface area (Å²) >= 11 is 0. The summed E-state index contributed by atoms with van der Waals surface area (Å²) in [6.45, 7) is 6.63. The highest BCUT2D eigenvalue weighted by Crippen LogP contribution is 2.30. The van der Waals surface area contributed by atoms with Gasteiger partial charge in [0.25, 0.3) is 0 Å². The summed E-state index contributed by atoms with van der Waals surface area (Å²) in [6, 6.07) is 0.852. The smallest absolute Gasteiger partial charge is 0.0158 e. The van der Waals surface area contributed by atoms with E-state index in [1.54, 1.807) is 0 Å². The first-order chi connectivity index (χ1) is 5.92. The first-order valence-electron chi connectivity index (χ1n) is 5.28. The Morgan fingerprint density at radius 3 is 2.75 bits per heavy atom. The molecule has 0 aliphatic carbocycles. The van der Waals surface area contributed by atoms with Crippen LogP contribution in [0.4, 0.5) is 0 Å². The predicted molar refractivity (Wildman–Crippen MR) is 52.1 cm³/mol. The monoisotopic (exact) mass is 165 g/mol. The quantitative estimate of drug-likeness (QED) is 0.539. The summed E-state index contributed by atoms with van der Waals surface area (Å²) in [7, 11) is 0. The molecule has 2 rings (SSSR count). The van der Waals surface area contributed by atoms with Gasteiger partial charge >= 0.3 is 0 Å². The number of nitrogens with zero attached hydrogens (tertiary/aromatic N) is 1. The molecule has 0 aromatic heterocycles. The van der Waals surface area contributed by atoms with Crippen molar-refractivity contribution in [2.45, 2.75) is 38.1 Å². The molecule has 1 heteroatoms. The van der Waals surface area contributed by atoms with Crippen LogP contribution in [0.3, 0.4) is 0 Å². The van der Waals surface area contributed by atoms with Crippen molar-refractivity contribution < 1.29 is 0 Å². The normalized spacial score (nSPS) is 37.3. The van der Waals surface area contributed by atoms with E-state index in [1.165, 1.54) is 45.2 Å². The Kier molecular flexibility index (Phi) is 2.50. The average Bonchev–Trinajstić information content (AvgIpc) is 2.17. The fraction of sp³-hybridized carbons (Fsp3) is 0.818. The van der Waals surface area contributed by atoms with Gasteiger partial charge in [0.2, 0.25) is 0 Å². The Labute approximate surface area is 75.4 Å². The van der Waals surface area contributed by atoms with E-state index in [9.17, 15) is 0 Å². The average molecular weight is 165 g/mol. The summed E-state index contributed by atoms with van der Waals surface area (Å²) in [6.07, 6.45) is 9.21. The van der Waals surface area contributed by atoms with Gasteiger partial charge < -0.3 is 0 Å². The van der Waals surface area contributed by atoms with Crippen LogP contribution in [0.2, 0.25) is 0 Å². The lowest BCUT2D eigenvalue weighted by atomic mass is 9.84. The molecule has 0 bridgehead atoms. The molecule has 0 aromatic carbocycles. The number of piperidine rings is 2. The van der Waals surface area contributed by atoms with Crippen molar-refractivity contribution in [1.82, 2.24) is 4.90 Å². The minimum Gasteiger partial charge on any atom is -0.300 e. The van der Waals surface area contributed by atoms with Gasteiger partial charge in [0.1, 0.15) is 0 Å². The van der Waals surface area contributed by atoms with Gasteiger partial charge in [-0.15, -0.1) is 6.58 Å². The summed E-state index contributed by atoms with van der Waals surface area (Å²) in [5.74, 6) is 0.791. The molecule has 2 aliphatic rings. The molecule has 68 valence electrons. The van der Waals surface area contributed by atoms with Gasteiger partial charge in [-0.2, -0.15) is 0 Å². The summed E-state index contributed by atoms with van der Waals surface area (Å²) in [4.78, 5) is 2.68. The Balaban J connectivity index is 2.03. The summed E-state index contributed by atoms with van der Waals surface area (Å²) in [5, 5.41) is 0. The Morgan fingerprint density at radius 1 is 1.08 bits per heavy atom. The fourth-order valence-corrected chi connectivity index (χ4v) is 2.78. The van der Waals surface area contributed by atoms with Gasteiger partial charge in [-0.3, -0.25) is 4.90 Å². The maximum absolute atomic E-state index is 3.95. The number of hydrogen-bond donors (Lipinski definition) is 0. The lowest BCUT2D eigenvalue weighted by Crippen LogP contribution is -2.47. The molecule has 1 nitrogen and oxygen atoms in total. The summed E-state index contributed by atoms with van der Waals surface area (Å²) in [5.41, 5.74) is 0. The second-order valence-corrected chi connectivity index (χ2v) is 4.14. The molecule has 2 fully saturated rings. The zero-order valence-electron chi connectivity index (χ0n) is 7.84. The van der Waals surface area contributed by atoms with Crippen molar-refractivity contribution in [2.24, 2.45) is 5.92 Å². The van der Waals surface area contributed by atoms with E-state index in [4.69, 9.17) is 0 Å². The molecule has 0 unspecified atom stereocenters. The van der Waals surface area contributed by atoms with Crippen LogP contribution in [0.1, 0.15) is 32.1 Å². The molecule has 0 amide bonds.